The Morgan fingerprint density at radius 3 is 2.84 bits per heavy atom. The average molecular weight is 293 g/mol. The van der Waals surface area contributed by atoms with Crippen LogP contribution in [-0.4, -0.2) is 17.3 Å². The van der Waals surface area contributed by atoms with Gasteiger partial charge in [-0.25, -0.2) is 0 Å². The van der Waals surface area contributed by atoms with Gasteiger partial charge in [-0.1, -0.05) is 6.07 Å². The number of carboxylic acid groups (broad SMARTS) is 1. The van der Waals surface area contributed by atoms with Crippen molar-refractivity contribution >= 4 is 34.8 Å². The summed E-state index contributed by atoms with van der Waals surface area (Å²) in [6, 6.07) is 12.1. The zero-order valence-electron chi connectivity index (χ0n) is 10.6. The Kier molecular flexibility index (Phi) is 4.87. The van der Waals surface area contributed by atoms with Crippen LogP contribution in [0.2, 0.25) is 0 Å². The number of thiophene rings is 1. The molecule has 3 nitrogen and oxygen atoms in total. The Morgan fingerprint density at radius 1 is 1.32 bits per heavy atom. The first-order chi connectivity index (χ1) is 9.17. The van der Waals surface area contributed by atoms with Gasteiger partial charge < -0.3 is 10.4 Å². The molecule has 1 aromatic carbocycles. The minimum absolute atomic E-state index is 0.104. The van der Waals surface area contributed by atoms with Gasteiger partial charge in [-0.3, -0.25) is 4.79 Å². The highest BCUT2D eigenvalue weighted by molar-refractivity contribution is 7.98. The summed E-state index contributed by atoms with van der Waals surface area (Å²) in [5.74, 6) is -0.783. The van der Waals surface area contributed by atoms with Gasteiger partial charge in [0.1, 0.15) is 0 Å². The number of anilines is 1. The molecule has 0 spiro atoms. The highest BCUT2D eigenvalue weighted by Gasteiger charge is 2.04. The monoisotopic (exact) mass is 293 g/mol. The lowest BCUT2D eigenvalue weighted by Gasteiger charge is -2.06. The van der Waals surface area contributed by atoms with E-state index in [1.165, 1.54) is 4.90 Å². The molecule has 0 atom stereocenters. The van der Waals surface area contributed by atoms with Crippen LogP contribution in [0.15, 0.2) is 41.3 Å². The number of aliphatic carboxylic acids is 1. The molecule has 0 fully saturated rings. The van der Waals surface area contributed by atoms with E-state index in [-0.39, 0.29) is 6.42 Å². The molecule has 0 bridgehead atoms. The van der Waals surface area contributed by atoms with Gasteiger partial charge in [-0.05, 0) is 36.6 Å². The number of benzene rings is 1. The van der Waals surface area contributed by atoms with Crippen LogP contribution >= 0.6 is 23.1 Å². The highest BCUT2D eigenvalue weighted by Crippen LogP contribution is 2.21. The fraction of sp³-hybridized carbons (Fsp3) is 0.214. The smallest absolute Gasteiger partial charge is 0.308 e. The van der Waals surface area contributed by atoms with E-state index in [4.69, 9.17) is 5.11 Å². The van der Waals surface area contributed by atoms with E-state index in [2.05, 4.69) is 23.7 Å². The Hall–Kier alpha value is -1.46. The largest absolute Gasteiger partial charge is 0.481 e. The van der Waals surface area contributed by atoms with E-state index >= 15 is 0 Å². The van der Waals surface area contributed by atoms with Crippen molar-refractivity contribution in [3.05, 3.63) is 46.2 Å². The van der Waals surface area contributed by atoms with Gasteiger partial charge in [-0.2, -0.15) is 0 Å². The summed E-state index contributed by atoms with van der Waals surface area (Å²) in [6.07, 6.45) is 2.16. The fourth-order valence-corrected chi connectivity index (χ4v) is 3.09. The number of carboxylic acids is 1. The number of rotatable bonds is 6. The van der Waals surface area contributed by atoms with E-state index in [0.29, 0.717) is 0 Å². The first kappa shape index (κ1) is 14.0. The second-order valence-electron chi connectivity index (χ2n) is 4.02. The van der Waals surface area contributed by atoms with Crippen LogP contribution < -0.4 is 5.32 Å². The normalized spacial score (nSPS) is 10.4. The molecule has 0 saturated heterocycles. The minimum atomic E-state index is -0.783. The molecule has 1 aromatic heterocycles. The maximum absolute atomic E-state index is 10.6. The third kappa shape index (κ3) is 4.29. The minimum Gasteiger partial charge on any atom is -0.481 e. The predicted octanol–water partition coefficient (Wildman–Crippen LogP) is 3.71. The second-order valence-corrected chi connectivity index (χ2v) is 6.16. The number of carbonyl (C=O) groups is 1. The summed E-state index contributed by atoms with van der Waals surface area (Å²) in [4.78, 5) is 13.9. The van der Waals surface area contributed by atoms with Crippen LogP contribution in [0.4, 0.5) is 5.69 Å². The zero-order valence-corrected chi connectivity index (χ0v) is 12.2. The molecule has 1 heterocycles. The quantitative estimate of drug-likeness (QED) is 0.797. The fourth-order valence-electron chi connectivity index (χ4n) is 1.68. The summed E-state index contributed by atoms with van der Waals surface area (Å²) < 4.78 is 0. The van der Waals surface area contributed by atoms with Crippen molar-refractivity contribution in [2.75, 3.05) is 11.6 Å². The van der Waals surface area contributed by atoms with Gasteiger partial charge in [0.05, 0.1) is 6.42 Å². The van der Waals surface area contributed by atoms with Crippen molar-refractivity contribution in [2.45, 2.75) is 17.9 Å². The van der Waals surface area contributed by atoms with Gasteiger partial charge in [0.25, 0.3) is 0 Å². The molecule has 19 heavy (non-hydrogen) atoms. The van der Waals surface area contributed by atoms with Crippen LogP contribution in [0.5, 0.6) is 0 Å². The molecule has 0 aliphatic rings. The van der Waals surface area contributed by atoms with Gasteiger partial charge >= 0.3 is 5.97 Å². The average Bonchev–Trinajstić information content (AvgIpc) is 2.83. The molecular weight excluding hydrogens is 278 g/mol. The highest BCUT2D eigenvalue weighted by atomic mass is 32.2. The molecule has 2 N–H and O–H groups in total. The van der Waals surface area contributed by atoms with Gasteiger partial charge in [0.2, 0.25) is 0 Å². The first-order valence-corrected chi connectivity index (χ1v) is 7.89. The Balaban J connectivity index is 1.94. The van der Waals surface area contributed by atoms with Gasteiger partial charge in [0, 0.05) is 26.9 Å². The second kappa shape index (κ2) is 6.63. The summed E-state index contributed by atoms with van der Waals surface area (Å²) >= 11 is 3.25. The third-order valence-corrected chi connectivity index (χ3v) is 4.39. The molecule has 2 aromatic rings. The third-order valence-electron chi connectivity index (χ3n) is 2.58. The lowest BCUT2D eigenvalue weighted by Crippen LogP contribution is -1.98. The predicted molar refractivity (Wildman–Crippen MR) is 81.2 cm³/mol. The Labute approximate surface area is 120 Å². The first-order valence-electron chi connectivity index (χ1n) is 5.84. The van der Waals surface area contributed by atoms with Crippen molar-refractivity contribution in [1.29, 1.82) is 0 Å². The molecule has 5 heteroatoms. The number of nitrogens with one attached hydrogen (secondary N) is 1. The molecular formula is C14H15NO2S2. The summed E-state index contributed by atoms with van der Waals surface area (Å²) in [5.41, 5.74) is 1.08. The number of hydrogen-bond acceptors (Lipinski definition) is 4. The van der Waals surface area contributed by atoms with E-state index in [9.17, 15) is 4.79 Å². The van der Waals surface area contributed by atoms with Crippen molar-refractivity contribution < 1.29 is 9.90 Å². The lowest BCUT2D eigenvalue weighted by atomic mass is 10.3. The molecule has 0 aliphatic heterocycles. The Morgan fingerprint density at radius 2 is 2.11 bits per heavy atom. The van der Waals surface area contributed by atoms with E-state index < -0.39 is 5.97 Å². The summed E-state index contributed by atoms with van der Waals surface area (Å²) in [6.45, 7) is 0.724. The van der Waals surface area contributed by atoms with Crippen LogP contribution in [0.1, 0.15) is 9.75 Å². The molecule has 0 aliphatic carbocycles. The molecule has 2 rings (SSSR count). The van der Waals surface area contributed by atoms with Crippen LogP contribution in [-0.2, 0) is 17.8 Å². The molecule has 0 radical (unpaired) electrons. The maximum Gasteiger partial charge on any atom is 0.308 e. The maximum atomic E-state index is 10.6. The zero-order chi connectivity index (χ0) is 13.7. The molecule has 0 saturated carbocycles. The van der Waals surface area contributed by atoms with Crippen LogP contribution in [0, 0.1) is 0 Å². The SMILES string of the molecule is CSc1cccc(NCc2ccc(CC(=O)O)s2)c1. The van der Waals surface area contributed by atoms with Crippen molar-refractivity contribution in [3.63, 3.8) is 0 Å². The molecule has 0 amide bonds. The standard InChI is InChI=1S/C14H15NO2S2/c1-18-11-4-2-3-10(7-11)15-9-13-6-5-12(19-13)8-14(16)17/h2-7,15H,8-9H2,1H3,(H,16,17). The van der Waals surface area contributed by atoms with Crippen LogP contribution in [0.25, 0.3) is 0 Å². The van der Waals surface area contributed by atoms with Crippen molar-refractivity contribution in [1.82, 2.24) is 0 Å². The van der Waals surface area contributed by atoms with E-state index in [1.807, 2.05) is 24.3 Å². The summed E-state index contributed by atoms with van der Waals surface area (Å²) in [5, 5.41) is 12.1. The topological polar surface area (TPSA) is 49.3 Å². The number of hydrogen-bond donors (Lipinski definition) is 2. The van der Waals surface area contributed by atoms with Crippen molar-refractivity contribution in [3.8, 4) is 0 Å². The van der Waals surface area contributed by atoms with Crippen LogP contribution in [0.3, 0.4) is 0 Å². The number of thioether (sulfide) groups is 1. The van der Waals surface area contributed by atoms with Gasteiger partial charge in [-0.15, -0.1) is 23.1 Å². The van der Waals surface area contributed by atoms with E-state index in [0.717, 1.165) is 22.0 Å². The molecule has 0 unspecified atom stereocenters. The van der Waals surface area contributed by atoms with E-state index in [1.54, 1.807) is 23.1 Å². The molecule has 100 valence electrons. The van der Waals surface area contributed by atoms with Crippen molar-refractivity contribution in [2.24, 2.45) is 0 Å². The summed E-state index contributed by atoms with van der Waals surface area (Å²) in [7, 11) is 0. The Bertz CT molecular complexity index is 566. The lowest BCUT2D eigenvalue weighted by molar-refractivity contribution is -0.136. The van der Waals surface area contributed by atoms with Gasteiger partial charge in [0.15, 0.2) is 0 Å².